The Labute approximate surface area is 205 Å². The lowest BCUT2D eigenvalue weighted by Gasteiger charge is -2.22. The van der Waals surface area contributed by atoms with Gasteiger partial charge in [0.15, 0.2) is 0 Å². The van der Waals surface area contributed by atoms with E-state index in [2.05, 4.69) is 30.8 Å². The summed E-state index contributed by atoms with van der Waals surface area (Å²) in [5.74, 6) is -0.942. The van der Waals surface area contributed by atoms with Crippen molar-refractivity contribution in [2.45, 2.75) is 25.5 Å². The Morgan fingerprint density at radius 1 is 1.11 bits per heavy atom. The zero-order valence-electron chi connectivity index (χ0n) is 19.3. The lowest BCUT2D eigenvalue weighted by atomic mass is 9.99. The molecule has 1 aromatic heterocycles. The Morgan fingerprint density at radius 2 is 1.89 bits per heavy atom. The number of carbonyl (C=O) groups excluding carboxylic acids is 1. The molecule has 0 radical (unpaired) electrons. The van der Waals surface area contributed by atoms with Crippen molar-refractivity contribution in [2.75, 3.05) is 36.8 Å². The number of nitrogens with zero attached hydrogens (tertiary/aromatic N) is 3. The monoisotopic (exact) mass is 498 g/mol. The van der Waals surface area contributed by atoms with Crippen molar-refractivity contribution in [1.82, 2.24) is 15.1 Å². The number of ether oxygens (including phenoxy) is 1. The molecule has 3 aromatic rings. The van der Waals surface area contributed by atoms with E-state index in [1.807, 2.05) is 10.9 Å². The van der Waals surface area contributed by atoms with Gasteiger partial charge in [-0.3, -0.25) is 14.5 Å². The van der Waals surface area contributed by atoms with E-state index in [-0.39, 0.29) is 17.5 Å². The van der Waals surface area contributed by atoms with Crippen molar-refractivity contribution in [2.24, 2.45) is 4.99 Å². The molecule has 1 amide bonds. The van der Waals surface area contributed by atoms with Gasteiger partial charge in [0.2, 0.25) is 0 Å². The number of benzene rings is 2. The predicted molar refractivity (Wildman–Crippen MR) is 130 cm³/mol. The molecular formula is C25H25F3N6O2. The molecule has 0 aliphatic carbocycles. The van der Waals surface area contributed by atoms with E-state index >= 15 is 4.39 Å². The molecule has 11 heteroatoms. The molecule has 3 heterocycles. The van der Waals surface area contributed by atoms with Gasteiger partial charge in [0.25, 0.3) is 5.91 Å². The van der Waals surface area contributed by atoms with E-state index in [1.165, 1.54) is 30.3 Å². The molecule has 2 aromatic carbocycles. The topological polar surface area (TPSA) is 92.6 Å². The average Bonchev–Trinajstić information content (AvgIpc) is 3.27. The summed E-state index contributed by atoms with van der Waals surface area (Å²) in [6.07, 6.45) is 5.37. The van der Waals surface area contributed by atoms with Crippen LogP contribution in [-0.4, -0.2) is 54.2 Å². The fourth-order valence-electron chi connectivity index (χ4n) is 4.43. The summed E-state index contributed by atoms with van der Waals surface area (Å²) in [4.78, 5) is 17.6. The van der Waals surface area contributed by atoms with Crippen molar-refractivity contribution in [3.8, 4) is 16.9 Å². The normalized spacial score (nSPS) is 16.1. The largest absolute Gasteiger partial charge is 0.435 e. The van der Waals surface area contributed by atoms with Crippen molar-refractivity contribution in [1.29, 1.82) is 0 Å². The van der Waals surface area contributed by atoms with Gasteiger partial charge in [-0.05, 0) is 62.3 Å². The minimum absolute atomic E-state index is 0.0190. The molecule has 1 saturated heterocycles. The molecule has 3 N–H and O–H groups in total. The van der Waals surface area contributed by atoms with Gasteiger partial charge in [-0.15, -0.1) is 0 Å². The summed E-state index contributed by atoms with van der Waals surface area (Å²) >= 11 is 0. The highest BCUT2D eigenvalue weighted by Crippen LogP contribution is 2.31. The molecule has 0 bridgehead atoms. The number of amides is 1. The van der Waals surface area contributed by atoms with Gasteiger partial charge in [0, 0.05) is 40.8 Å². The Bertz CT molecular complexity index is 1270. The quantitative estimate of drug-likeness (QED) is 0.477. The van der Waals surface area contributed by atoms with Crippen LogP contribution in [0.15, 0.2) is 53.8 Å². The first-order chi connectivity index (χ1) is 17.5. The summed E-state index contributed by atoms with van der Waals surface area (Å²) in [7, 11) is 0. The third kappa shape index (κ3) is 5.20. The predicted octanol–water partition coefficient (Wildman–Crippen LogP) is 4.07. The number of benzodiazepines with no additional fused rings is 1. The summed E-state index contributed by atoms with van der Waals surface area (Å²) in [6, 6.07) is 8.82. The number of hydrogen-bond donors (Lipinski definition) is 3. The van der Waals surface area contributed by atoms with Gasteiger partial charge in [0.05, 0.1) is 18.8 Å². The van der Waals surface area contributed by atoms with E-state index in [4.69, 9.17) is 0 Å². The Hall–Kier alpha value is -3.86. The third-order valence-electron chi connectivity index (χ3n) is 6.21. The van der Waals surface area contributed by atoms with Gasteiger partial charge in [-0.2, -0.15) is 13.9 Å². The van der Waals surface area contributed by atoms with Crippen molar-refractivity contribution < 1.29 is 22.7 Å². The van der Waals surface area contributed by atoms with Gasteiger partial charge in [0.1, 0.15) is 17.3 Å². The van der Waals surface area contributed by atoms with Crippen LogP contribution < -0.4 is 20.7 Å². The van der Waals surface area contributed by atoms with Gasteiger partial charge in [-0.1, -0.05) is 0 Å². The maximum Gasteiger partial charge on any atom is 0.387 e. The maximum absolute atomic E-state index is 15.2. The van der Waals surface area contributed by atoms with Crippen molar-refractivity contribution in [3.05, 3.63) is 60.2 Å². The first kappa shape index (κ1) is 23.9. The van der Waals surface area contributed by atoms with Gasteiger partial charge < -0.3 is 20.7 Å². The van der Waals surface area contributed by atoms with Crippen LogP contribution in [0.4, 0.5) is 24.5 Å². The lowest BCUT2D eigenvalue weighted by molar-refractivity contribution is -0.110. The summed E-state index contributed by atoms with van der Waals surface area (Å²) in [6.45, 7) is -0.346. The van der Waals surface area contributed by atoms with Crippen LogP contribution in [0.3, 0.4) is 0 Å². The molecule has 1 fully saturated rings. The minimum atomic E-state index is -2.93. The summed E-state index contributed by atoms with van der Waals surface area (Å²) in [5.41, 5.74) is 2.41. The smallest absolute Gasteiger partial charge is 0.387 e. The lowest BCUT2D eigenvalue weighted by Crippen LogP contribution is -2.29. The number of piperidine rings is 1. The first-order valence-electron chi connectivity index (χ1n) is 11.7. The molecule has 8 nitrogen and oxygen atoms in total. The van der Waals surface area contributed by atoms with Crippen LogP contribution >= 0.6 is 0 Å². The van der Waals surface area contributed by atoms with E-state index in [0.29, 0.717) is 41.2 Å². The Kier molecular flexibility index (Phi) is 6.90. The minimum Gasteiger partial charge on any atom is -0.435 e. The van der Waals surface area contributed by atoms with Gasteiger partial charge >= 0.3 is 6.61 Å². The molecule has 5 rings (SSSR count). The molecule has 188 valence electrons. The van der Waals surface area contributed by atoms with Crippen LogP contribution in [0, 0.1) is 5.82 Å². The molecule has 2 aliphatic heterocycles. The molecule has 0 spiro atoms. The Balaban J connectivity index is 1.41. The molecule has 36 heavy (non-hydrogen) atoms. The second kappa shape index (κ2) is 10.4. The van der Waals surface area contributed by atoms with Crippen LogP contribution in [0.2, 0.25) is 0 Å². The fourth-order valence-corrected chi connectivity index (χ4v) is 4.43. The summed E-state index contributed by atoms with van der Waals surface area (Å²) < 4.78 is 46.1. The number of anilines is 2. The second-order valence-corrected chi connectivity index (χ2v) is 8.58. The number of carbonyl (C=O) groups is 1. The second-order valence-electron chi connectivity index (χ2n) is 8.58. The highest BCUT2D eigenvalue weighted by Gasteiger charge is 2.24. The number of nitrogens with one attached hydrogen (secondary N) is 3. The molecule has 2 aliphatic rings. The van der Waals surface area contributed by atoms with Crippen LogP contribution in [-0.2, 0) is 4.79 Å². The zero-order chi connectivity index (χ0) is 25.1. The van der Waals surface area contributed by atoms with Gasteiger partial charge in [-0.25, -0.2) is 4.39 Å². The number of aliphatic imine (C=N–C) groups is 1. The number of halogens is 3. The molecule has 0 unspecified atom stereocenters. The number of aromatic nitrogens is 2. The number of fused-ring (bicyclic) bond motifs is 1. The van der Waals surface area contributed by atoms with E-state index in [1.54, 1.807) is 12.3 Å². The van der Waals surface area contributed by atoms with Crippen LogP contribution in [0.1, 0.15) is 24.4 Å². The highest BCUT2D eigenvalue weighted by atomic mass is 19.3. The number of alkyl halides is 2. The van der Waals surface area contributed by atoms with E-state index in [0.717, 1.165) is 25.9 Å². The first-order valence-corrected chi connectivity index (χ1v) is 11.7. The molecular weight excluding hydrogens is 473 g/mol. The standard InChI is InChI=1S/C25H25F3N6O2/c26-21-12-22-20(11-19(21)15-13-32-34(14-15)17-5-7-29-8-6-17)23(31-10-9-30-22)24(35)33-16-1-3-18(4-2-16)36-25(27)28/h1-4,11-14,17,25,29-30H,5-10H2,(H,33,35). The third-order valence-corrected chi connectivity index (χ3v) is 6.21. The zero-order valence-corrected chi connectivity index (χ0v) is 19.3. The highest BCUT2D eigenvalue weighted by molar-refractivity contribution is 6.50. The van der Waals surface area contributed by atoms with Crippen molar-refractivity contribution >= 4 is 23.0 Å². The average molecular weight is 499 g/mol. The number of hydrogen-bond acceptors (Lipinski definition) is 6. The fraction of sp³-hybridized carbons (Fsp3) is 0.320. The van der Waals surface area contributed by atoms with Crippen molar-refractivity contribution in [3.63, 3.8) is 0 Å². The molecule has 0 saturated carbocycles. The van der Waals surface area contributed by atoms with Crippen LogP contribution in [0.25, 0.3) is 11.1 Å². The van der Waals surface area contributed by atoms with E-state index < -0.39 is 18.3 Å². The summed E-state index contributed by atoms with van der Waals surface area (Å²) in [5, 5.41) is 13.6. The van der Waals surface area contributed by atoms with Crippen LogP contribution in [0.5, 0.6) is 5.75 Å². The Morgan fingerprint density at radius 3 is 2.64 bits per heavy atom. The number of rotatable bonds is 6. The SMILES string of the molecule is O=C(Nc1ccc(OC(F)F)cc1)C1=NCCNc2cc(F)c(-c3cnn(C4CCNCC4)c3)cc21. The van der Waals surface area contributed by atoms with E-state index in [9.17, 15) is 13.6 Å². The molecule has 0 atom stereocenters. The maximum atomic E-state index is 15.2.